The molecule has 0 amide bonds. The van der Waals surface area contributed by atoms with Gasteiger partial charge in [0.15, 0.2) is 0 Å². The fourth-order valence-corrected chi connectivity index (χ4v) is 4.86. The van der Waals surface area contributed by atoms with Crippen molar-refractivity contribution < 1.29 is 9.84 Å². The molecule has 2 aliphatic rings. The Morgan fingerprint density at radius 1 is 1.11 bits per heavy atom. The first-order chi connectivity index (χ1) is 18.0. The monoisotopic (exact) mass is 499 g/mol. The van der Waals surface area contributed by atoms with Gasteiger partial charge >= 0.3 is 0 Å². The molecule has 2 aromatic carbocycles. The molecule has 0 unspecified atom stereocenters. The zero-order chi connectivity index (χ0) is 26.2. The lowest BCUT2D eigenvalue weighted by molar-refractivity contribution is 0.119. The summed E-state index contributed by atoms with van der Waals surface area (Å²) in [6.07, 6.45) is 9.09. The summed E-state index contributed by atoms with van der Waals surface area (Å²) in [6, 6.07) is 14.9. The number of nitrogens with zero attached hydrogens (tertiary/aromatic N) is 2. The van der Waals surface area contributed by atoms with Crippen molar-refractivity contribution in [2.75, 3.05) is 26.3 Å². The van der Waals surface area contributed by atoms with Crippen LogP contribution in [0.2, 0.25) is 0 Å². The Balaban J connectivity index is 1.47. The molecular weight excluding hydrogens is 458 g/mol. The van der Waals surface area contributed by atoms with Gasteiger partial charge < -0.3 is 20.5 Å². The Labute approximate surface area is 222 Å². The number of benzene rings is 2. The highest BCUT2D eigenvalue weighted by molar-refractivity contribution is 5.92. The molecule has 196 valence electrons. The van der Waals surface area contributed by atoms with Crippen LogP contribution in [-0.2, 0) is 11.2 Å². The summed E-state index contributed by atoms with van der Waals surface area (Å²) < 4.78 is 5.87. The molecule has 5 nitrogen and oxygen atoms in total. The summed E-state index contributed by atoms with van der Waals surface area (Å²) >= 11 is 0. The highest BCUT2D eigenvalue weighted by Crippen LogP contribution is 2.34. The number of nitrogens with two attached hydrogens (primary N) is 1. The number of rotatable bonds is 13. The van der Waals surface area contributed by atoms with Gasteiger partial charge in [-0.25, -0.2) is 4.99 Å². The Morgan fingerprint density at radius 2 is 1.86 bits per heavy atom. The van der Waals surface area contributed by atoms with E-state index in [0.29, 0.717) is 12.3 Å². The molecule has 1 fully saturated rings. The lowest BCUT2D eigenvalue weighted by Gasteiger charge is -2.27. The molecule has 0 spiro atoms. The minimum Gasteiger partial charge on any atom is -0.498 e. The van der Waals surface area contributed by atoms with Crippen molar-refractivity contribution >= 4 is 17.6 Å². The highest BCUT2D eigenvalue weighted by Gasteiger charge is 2.19. The molecule has 0 aromatic heterocycles. The number of ether oxygens (including phenoxy) is 1. The number of hydrogen-bond donors (Lipinski definition) is 2. The maximum absolute atomic E-state index is 9.30. The van der Waals surface area contributed by atoms with Crippen LogP contribution in [0.5, 0.6) is 0 Å². The molecule has 5 heteroatoms. The lowest BCUT2D eigenvalue weighted by atomic mass is 9.86. The van der Waals surface area contributed by atoms with Crippen molar-refractivity contribution in [3.63, 3.8) is 0 Å². The fourth-order valence-electron chi connectivity index (χ4n) is 4.86. The Hall–Kier alpha value is -3.31. The van der Waals surface area contributed by atoms with E-state index in [0.717, 1.165) is 84.3 Å². The van der Waals surface area contributed by atoms with Crippen LogP contribution in [0.25, 0.3) is 17.2 Å². The highest BCUT2D eigenvalue weighted by atomic mass is 16.5. The second kappa shape index (κ2) is 12.8. The van der Waals surface area contributed by atoms with Crippen molar-refractivity contribution in [1.29, 1.82) is 0 Å². The van der Waals surface area contributed by atoms with Gasteiger partial charge in [0.25, 0.3) is 0 Å². The molecule has 0 bridgehead atoms. The van der Waals surface area contributed by atoms with Gasteiger partial charge in [-0.3, -0.25) is 0 Å². The molecule has 0 atom stereocenters. The van der Waals surface area contributed by atoms with Crippen molar-refractivity contribution in [3.05, 3.63) is 83.8 Å². The first-order valence-corrected chi connectivity index (χ1v) is 13.6. The van der Waals surface area contributed by atoms with Crippen LogP contribution >= 0.6 is 0 Å². The van der Waals surface area contributed by atoms with Crippen LogP contribution in [0.4, 0.5) is 5.69 Å². The lowest BCUT2D eigenvalue weighted by Crippen LogP contribution is -2.27. The van der Waals surface area contributed by atoms with E-state index in [1.807, 2.05) is 0 Å². The normalized spacial score (nSPS) is 15.1. The van der Waals surface area contributed by atoms with Gasteiger partial charge in [0.2, 0.25) is 0 Å². The molecule has 37 heavy (non-hydrogen) atoms. The van der Waals surface area contributed by atoms with Gasteiger partial charge in [-0.2, -0.15) is 0 Å². The maximum atomic E-state index is 9.30. The third-order valence-corrected chi connectivity index (χ3v) is 7.26. The largest absolute Gasteiger partial charge is 0.498 e. The molecule has 0 radical (unpaired) electrons. The topological polar surface area (TPSA) is 71.1 Å². The van der Waals surface area contributed by atoms with Crippen LogP contribution in [0.1, 0.15) is 56.6 Å². The molecule has 3 N–H and O–H groups in total. The first kappa shape index (κ1) is 26.7. The minimum absolute atomic E-state index is 0.172. The number of aliphatic hydroxyl groups excluding tert-OH is 1. The maximum Gasteiger partial charge on any atom is 0.104 e. The van der Waals surface area contributed by atoms with E-state index in [-0.39, 0.29) is 6.61 Å². The van der Waals surface area contributed by atoms with Crippen molar-refractivity contribution in [2.24, 2.45) is 16.6 Å². The standard InChI is InChI=1S/C32H41N3O2/c1-4-15-35(16-6-17-36)24(3)30-19-29-14-13-28(20-31(29)34-32(33)21-30)27-11-9-25(10-12-27)18-23(2)37-22-26-7-5-8-26/h9-14,19-20,26,36H,2-8,15-18,21-22H2,1H3,(H2,33,34). The number of hydrogen-bond acceptors (Lipinski definition) is 5. The predicted molar refractivity (Wildman–Crippen MR) is 155 cm³/mol. The van der Waals surface area contributed by atoms with Gasteiger partial charge in [0, 0.05) is 43.8 Å². The number of allylic oxidation sites excluding steroid dienone is 2. The molecule has 1 aliphatic carbocycles. The van der Waals surface area contributed by atoms with Gasteiger partial charge in [0.05, 0.1) is 18.1 Å². The summed E-state index contributed by atoms with van der Waals surface area (Å²) in [5.41, 5.74) is 13.7. The average Bonchev–Trinajstić information content (AvgIpc) is 3.03. The van der Waals surface area contributed by atoms with Crippen LogP contribution in [0, 0.1) is 5.92 Å². The summed E-state index contributed by atoms with van der Waals surface area (Å²) in [4.78, 5) is 6.98. The third-order valence-electron chi connectivity index (χ3n) is 7.26. The van der Waals surface area contributed by atoms with Crippen LogP contribution < -0.4 is 5.73 Å². The second-order valence-corrected chi connectivity index (χ2v) is 10.3. The second-order valence-electron chi connectivity index (χ2n) is 10.3. The third kappa shape index (κ3) is 7.14. The smallest absolute Gasteiger partial charge is 0.104 e. The predicted octanol–water partition coefficient (Wildman–Crippen LogP) is 6.61. The number of amidine groups is 1. The van der Waals surface area contributed by atoms with E-state index in [1.165, 1.54) is 24.8 Å². The first-order valence-electron chi connectivity index (χ1n) is 13.6. The van der Waals surface area contributed by atoms with E-state index in [1.54, 1.807) is 0 Å². The zero-order valence-corrected chi connectivity index (χ0v) is 22.2. The van der Waals surface area contributed by atoms with E-state index in [2.05, 4.69) is 73.5 Å². The molecule has 1 saturated carbocycles. The van der Waals surface area contributed by atoms with Crippen molar-refractivity contribution in [1.82, 2.24) is 4.90 Å². The minimum atomic E-state index is 0.172. The van der Waals surface area contributed by atoms with Gasteiger partial charge in [0.1, 0.15) is 5.84 Å². The van der Waals surface area contributed by atoms with Crippen molar-refractivity contribution in [3.8, 4) is 11.1 Å². The number of aliphatic imine (C=N–C) groups is 1. The zero-order valence-electron chi connectivity index (χ0n) is 22.2. The number of aliphatic hydroxyl groups is 1. The number of fused-ring (bicyclic) bond motifs is 1. The van der Waals surface area contributed by atoms with E-state index >= 15 is 0 Å². The Morgan fingerprint density at radius 3 is 2.54 bits per heavy atom. The van der Waals surface area contributed by atoms with Crippen LogP contribution in [0.3, 0.4) is 0 Å². The van der Waals surface area contributed by atoms with Gasteiger partial charge in [-0.15, -0.1) is 0 Å². The summed E-state index contributed by atoms with van der Waals surface area (Å²) in [7, 11) is 0. The molecule has 2 aromatic rings. The summed E-state index contributed by atoms with van der Waals surface area (Å²) in [5.74, 6) is 2.14. The Bertz CT molecular complexity index is 1160. The molecule has 1 heterocycles. The van der Waals surface area contributed by atoms with Crippen LogP contribution in [0.15, 0.2) is 77.6 Å². The summed E-state index contributed by atoms with van der Waals surface area (Å²) in [6.45, 7) is 13.3. The van der Waals surface area contributed by atoms with Gasteiger partial charge in [-0.1, -0.05) is 62.9 Å². The van der Waals surface area contributed by atoms with Gasteiger partial charge in [-0.05, 0) is 66.0 Å². The van der Waals surface area contributed by atoms with E-state index in [4.69, 9.17) is 15.5 Å². The van der Waals surface area contributed by atoms with E-state index in [9.17, 15) is 5.11 Å². The molecule has 0 saturated heterocycles. The quantitative estimate of drug-likeness (QED) is 0.304. The summed E-state index contributed by atoms with van der Waals surface area (Å²) in [5, 5.41) is 9.30. The van der Waals surface area contributed by atoms with Crippen molar-refractivity contribution in [2.45, 2.75) is 51.9 Å². The molecule has 1 aliphatic heterocycles. The molecular formula is C32H41N3O2. The Kier molecular flexibility index (Phi) is 9.24. The SMILES string of the molecule is C=C(Cc1ccc(-c2ccc3c(c2)N=C(N)CC(C(=C)N(CCC)CCCO)=C3)cc1)OCC1CCC1. The fraction of sp³-hybridized carbons (Fsp3) is 0.406. The molecule has 4 rings (SSSR count). The van der Waals surface area contributed by atoms with Crippen LogP contribution in [-0.4, -0.2) is 42.1 Å². The van der Waals surface area contributed by atoms with E-state index < -0.39 is 0 Å². The average molecular weight is 500 g/mol.